The minimum absolute atomic E-state index is 0. The maximum Gasteiger partial charge on any atom is 0.181 e. The van der Waals surface area contributed by atoms with E-state index in [1.807, 2.05) is 45.9 Å². The van der Waals surface area contributed by atoms with E-state index in [1.165, 1.54) is 83.5 Å². The first-order valence-electron chi connectivity index (χ1n) is 29.9. The lowest BCUT2D eigenvalue weighted by Crippen LogP contribution is -2.56. The van der Waals surface area contributed by atoms with Crippen LogP contribution in [0.2, 0.25) is 0 Å². The number of rotatable bonds is 10. The monoisotopic (exact) mass is 1070 g/mol. The predicted octanol–water partition coefficient (Wildman–Crippen LogP) is 17.4. The van der Waals surface area contributed by atoms with Crippen molar-refractivity contribution < 1.29 is 28.8 Å². The maximum atomic E-state index is 14.2. The predicted molar refractivity (Wildman–Crippen MR) is 319 cm³/mol. The van der Waals surface area contributed by atoms with Gasteiger partial charge in [-0.3, -0.25) is 0 Å². The molecule has 0 bridgehead atoms. The van der Waals surface area contributed by atoms with E-state index in [4.69, 9.17) is 0 Å². The van der Waals surface area contributed by atoms with Crippen LogP contribution >= 0.6 is 0 Å². The van der Waals surface area contributed by atoms with E-state index >= 15 is 0 Å². The standard InChI is InChI=1S/C35H56O4S.C29H52O2.4CH4/c1-23(30(21-31(36)32(2,3)4)40(38,39)25-11-9-8-10-12-25)27-15-16-28-26-14-13-24-22-33(5,37)19-20-34(24,6)29(26)17-18-35(27,28)7;1-19(8-13-25(30)26(2,3)4)22-11-12-23-21-10-9-20-18-27(5,31)16-17-28(20,6)24(21)14-15-29(22,23)7;;;;/h8-12,23-24,26-31,36-37H,13-22H2,1-7H3;19-25,30-31H,8-18H2,1-7H3;4*1H4/t23-,24-,26-,27+,28-,29-,30?,31-,33-,34-,35+;19-,20+,21+,22-,23+,24+,25+,27+,28+,29-;;;;/m01..../s1. The van der Waals surface area contributed by atoms with Gasteiger partial charge in [-0.2, -0.15) is 0 Å². The molecule has 1 aromatic rings. The van der Waals surface area contributed by atoms with Crippen LogP contribution in [-0.4, -0.2) is 57.5 Å². The van der Waals surface area contributed by atoms with Gasteiger partial charge in [0.2, 0.25) is 0 Å². The highest BCUT2D eigenvalue weighted by molar-refractivity contribution is 7.92. The SMILES string of the molecule is C.C.C.C.C[C@H](C(C[C@H](O)C(C)(C)C)S(=O)(=O)c1ccccc1)[C@H]1CC[C@H]2[C@@H]3CC[C@H]4C[C@@](C)(O)CC[C@]4(C)[C@H]3CC[C@]12C.C[C@H](CC[C@H](O)C(C)(C)C)[C@H]1CC[C@H]2[C@@H]3CC[C@H]4C[C@@](C)(O)CC[C@]4(C)[C@H]3CC[C@]12C. The lowest BCUT2D eigenvalue weighted by molar-refractivity contribution is -0.148. The second-order valence-electron chi connectivity index (χ2n) is 31.0. The van der Waals surface area contributed by atoms with Crippen molar-refractivity contribution in [3.8, 4) is 0 Å². The van der Waals surface area contributed by atoms with Gasteiger partial charge in [0.05, 0.1) is 33.6 Å². The first-order chi connectivity index (χ1) is 32.8. The lowest BCUT2D eigenvalue weighted by atomic mass is 9.43. The number of sulfone groups is 1. The van der Waals surface area contributed by atoms with Crippen molar-refractivity contribution in [1.29, 1.82) is 0 Å². The molecule has 6 nitrogen and oxygen atoms in total. The second kappa shape index (κ2) is 23.5. The van der Waals surface area contributed by atoms with Crippen LogP contribution in [-0.2, 0) is 9.84 Å². The third-order valence-electron chi connectivity index (χ3n) is 24.8. The molecule has 21 atom stereocenters. The fourth-order valence-corrected chi connectivity index (χ4v) is 22.1. The Kier molecular flexibility index (Phi) is 20.8. The van der Waals surface area contributed by atoms with Gasteiger partial charge >= 0.3 is 0 Å². The highest BCUT2D eigenvalue weighted by Crippen LogP contribution is 2.71. The van der Waals surface area contributed by atoms with Crippen LogP contribution in [0.15, 0.2) is 35.2 Å². The zero-order chi connectivity index (χ0) is 52.1. The van der Waals surface area contributed by atoms with E-state index in [9.17, 15) is 28.8 Å². The van der Waals surface area contributed by atoms with E-state index in [2.05, 4.69) is 69.2 Å². The Labute approximate surface area is 465 Å². The summed E-state index contributed by atoms with van der Waals surface area (Å²) in [7, 11) is -3.60. The third kappa shape index (κ3) is 12.4. The molecular weight excluding hydrogens is 945 g/mol. The molecule has 0 aromatic heterocycles. The first kappa shape index (κ1) is 66.5. The van der Waals surface area contributed by atoms with Gasteiger partial charge in [0.25, 0.3) is 0 Å². The van der Waals surface area contributed by atoms with E-state index in [-0.39, 0.29) is 64.4 Å². The minimum Gasteiger partial charge on any atom is -0.393 e. The summed E-state index contributed by atoms with van der Waals surface area (Å²) < 4.78 is 28.4. The van der Waals surface area contributed by atoms with Crippen LogP contribution in [0, 0.1) is 104 Å². The second-order valence-corrected chi connectivity index (χ2v) is 33.1. The molecule has 8 saturated carbocycles. The lowest BCUT2D eigenvalue weighted by Gasteiger charge is -2.62. The smallest absolute Gasteiger partial charge is 0.181 e. The van der Waals surface area contributed by atoms with E-state index in [1.54, 1.807) is 12.1 Å². The first-order valence-corrected chi connectivity index (χ1v) is 31.4. The number of aliphatic hydroxyl groups is 4. The average Bonchev–Trinajstić information content (AvgIpc) is 3.84. The molecule has 0 saturated heterocycles. The summed E-state index contributed by atoms with van der Waals surface area (Å²) in [5.74, 6) is 8.02. The van der Waals surface area contributed by atoms with Crippen molar-refractivity contribution in [2.75, 3.05) is 0 Å². The van der Waals surface area contributed by atoms with E-state index < -0.39 is 32.4 Å². The van der Waals surface area contributed by atoms with Gasteiger partial charge in [-0.15, -0.1) is 0 Å². The highest BCUT2D eigenvalue weighted by atomic mass is 32.2. The Morgan fingerprint density at radius 1 is 0.520 bits per heavy atom. The molecule has 4 N–H and O–H groups in total. The fraction of sp³-hybridized carbons (Fsp3) is 0.912. The largest absolute Gasteiger partial charge is 0.393 e. The van der Waals surface area contributed by atoms with Gasteiger partial charge in [-0.05, 0) is 264 Å². The minimum atomic E-state index is -3.60. The van der Waals surface area contributed by atoms with Crippen LogP contribution in [0.4, 0.5) is 0 Å². The Morgan fingerprint density at radius 2 is 0.933 bits per heavy atom. The van der Waals surface area contributed by atoms with Gasteiger partial charge in [-0.25, -0.2) is 8.42 Å². The summed E-state index contributed by atoms with van der Waals surface area (Å²) >= 11 is 0. The maximum absolute atomic E-state index is 14.2. The quantitative estimate of drug-likeness (QED) is 0.186. The van der Waals surface area contributed by atoms with Crippen LogP contribution in [0.25, 0.3) is 0 Å². The summed E-state index contributed by atoms with van der Waals surface area (Å²) in [4.78, 5) is 0.385. The molecule has 1 unspecified atom stereocenters. The van der Waals surface area contributed by atoms with Crippen molar-refractivity contribution in [3.63, 3.8) is 0 Å². The Balaban J connectivity index is 0.000000317. The summed E-state index contributed by atoms with van der Waals surface area (Å²) in [5, 5.41) is 42.8. The van der Waals surface area contributed by atoms with Crippen LogP contribution in [0.5, 0.6) is 0 Å². The molecule has 0 aliphatic heterocycles. The van der Waals surface area contributed by atoms with Crippen molar-refractivity contribution in [2.24, 2.45) is 104 Å². The molecule has 0 radical (unpaired) electrons. The number of hydrogen-bond acceptors (Lipinski definition) is 6. The van der Waals surface area contributed by atoms with E-state index in [0.29, 0.717) is 44.8 Å². The molecule has 438 valence electrons. The molecule has 8 aliphatic carbocycles. The molecule has 9 rings (SSSR count). The zero-order valence-electron chi connectivity index (χ0n) is 47.9. The van der Waals surface area contributed by atoms with Crippen LogP contribution in [0.3, 0.4) is 0 Å². The Bertz CT molecular complexity index is 2090. The average molecular weight is 1070 g/mol. The number of fused-ring (bicyclic) bond motifs is 10. The van der Waals surface area contributed by atoms with Crippen molar-refractivity contribution >= 4 is 9.84 Å². The molecule has 7 heteroatoms. The number of benzene rings is 1. The fourth-order valence-electron chi connectivity index (χ4n) is 20.0. The molecule has 75 heavy (non-hydrogen) atoms. The molecule has 8 aliphatic rings. The van der Waals surface area contributed by atoms with E-state index in [0.717, 1.165) is 86.4 Å². The summed E-state index contributed by atoms with van der Waals surface area (Å²) in [6.45, 7) is 31.6. The molecule has 0 heterocycles. The third-order valence-corrected chi connectivity index (χ3v) is 27.1. The normalized spacial score (nSPS) is 43.1. The molecule has 0 spiro atoms. The Morgan fingerprint density at radius 3 is 1.37 bits per heavy atom. The summed E-state index contributed by atoms with van der Waals surface area (Å²) in [5.41, 5.74) is 0.134. The molecule has 1 aromatic carbocycles. The summed E-state index contributed by atoms with van der Waals surface area (Å²) in [6, 6.07) is 8.94. The van der Waals surface area contributed by atoms with Gasteiger partial charge in [0, 0.05) is 0 Å². The molecule has 8 fully saturated rings. The topological polar surface area (TPSA) is 115 Å². The van der Waals surface area contributed by atoms with Gasteiger partial charge in [0.15, 0.2) is 9.84 Å². The number of aliphatic hydroxyl groups excluding tert-OH is 2. The summed E-state index contributed by atoms with van der Waals surface area (Å²) in [6.07, 6.45) is 23.4. The van der Waals surface area contributed by atoms with Crippen molar-refractivity contribution in [2.45, 2.75) is 295 Å². The number of hydrogen-bond donors (Lipinski definition) is 4. The highest BCUT2D eigenvalue weighted by Gasteiger charge is 2.64. The van der Waals surface area contributed by atoms with Gasteiger partial charge < -0.3 is 20.4 Å². The van der Waals surface area contributed by atoms with Crippen LogP contribution in [0.1, 0.15) is 261 Å². The van der Waals surface area contributed by atoms with Crippen LogP contribution < -0.4 is 0 Å². The molecule has 0 amide bonds. The Hall–Kier alpha value is -0.990. The van der Waals surface area contributed by atoms with Gasteiger partial charge in [-0.1, -0.05) is 131 Å². The molecular formula is C68H124O6S. The van der Waals surface area contributed by atoms with Crippen molar-refractivity contribution in [1.82, 2.24) is 0 Å². The van der Waals surface area contributed by atoms with Crippen molar-refractivity contribution in [3.05, 3.63) is 30.3 Å². The van der Waals surface area contributed by atoms with Gasteiger partial charge in [0.1, 0.15) is 0 Å². The zero-order valence-corrected chi connectivity index (χ0v) is 48.7.